The molecule has 100 valence electrons. The smallest absolute Gasteiger partial charge is 0.335 e. The van der Waals surface area contributed by atoms with Gasteiger partial charge in [-0.15, -0.1) is 0 Å². The highest BCUT2D eigenvalue weighted by Crippen LogP contribution is 2.06. The first-order valence-electron chi connectivity index (χ1n) is 6.33. The zero-order valence-electron chi connectivity index (χ0n) is 11.0. The Morgan fingerprint density at radius 1 is 1.44 bits per heavy atom. The third-order valence-electron chi connectivity index (χ3n) is 2.86. The number of carbonyl (C=O) groups is 1. The van der Waals surface area contributed by atoms with Gasteiger partial charge in [0.2, 0.25) is 0 Å². The molecule has 0 amide bonds. The molecular weight excluding hydrogens is 230 g/mol. The molecule has 5 nitrogen and oxygen atoms in total. The zero-order valence-corrected chi connectivity index (χ0v) is 11.0. The summed E-state index contributed by atoms with van der Waals surface area (Å²) in [4.78, 5) is 17.2. The van der Waals surface area contributed by atoms with Crippen LogP contribution in [0.2, 0.25) is 0 Å². The average molecular weight is 251 g/mol. The van der Waals surface area contributed by atoms with Crippen LogP contribution in [0.5, 0.6) is 0 Å². The Labute approximate surface area is 108 Å². The Bertz CT molecular complexity index is 378. The highest BCUT2D eigenvalue weighted by atomic mass is 16.4. The van der Waals surface area contributed by atoms with Gasteiger partial charge in [-0.1, -0.05) is 13.8 Å². The van der Waals surface area contributed by atoms with Gasteiger partial charge in [-0.3, -0.25) is 0 Å². The number of hydrogen-bond acceptors (Lipinski definition) is 4. The van der Waals surface area contributed by atoms with Gasteiger partial charge in [0.1, 0.15) is 5.82 Å². The maximum absolute atomic E-state index is 10.8. The number of nitrogens with one attached hydrogen (secondary N) is 1. The van der Waals surface area contributed by atoms with Crippen LogP contribution < -0.4 is 5.32 Å². The summed E-state index contributed by atoms with van der Waals surface area (Å²) in [5.74, 6) is -0.307. The van der Waals surface area contributed by atoms with Crippen molar-refractivity contribution in [1.29, 1.82) is 0 Å². The van der Waals surface area contributed by atoms with E-state index in [0.717, 1.165) is 32.6 Å². The van der Waals surface area contributed by atoms with Crippen LogP contribution in [0.3, 0.4) is 0 Å². The van der Waals surface area contributed by atoms with Crippen LogP contribution in [-0.4, -0.2) is 47.1 Å². The summed E-state index contributed by atoms with van der Waals surface area (Å²) >= 11 is 0. The molecular formula is C13H21N3O2. The zero-order chi connectivity index (χ0) is 13.4. The standard InChI is InChI=1S/C13H21N3O2/c1-3-16(4-2)9-5-7-14-12-10-11(13(17)18)6-8-15-12/h6,8,10H,3-5,7,9H2,1-2H3,(H,14,15)(H,17,18). The van der Waals surface area contributed by atoms with Crippen molar-refractivity contribution in [3.63, 3.8) is 0 Å². The predicted molar refractivity (Wildman–Crippen MR) is 72.1 cm³/mol. The van der Waals surface area contributed by atoms with Crippen LogP contribution in [0, 0.1) is 0 Å². The van der Waals surface area contributed by atoms with E-state index in [9.17, 15) is 4.79 Å². The second kappa shape index (κ2) is 7.66. The van der Waals surface area contributed by atoms with Gasteiger partial charge in [-0.25, -0.2) is 9.78 Å². The van der Waals surface area contributed by atoms with Crippen molar-refractivity contribution in [3.8, 4) is 0 Å². The Morgan fingerprint density at radius 2 is 2.17 bits per heavy atom. The third kappa shape index (κ3) is 4.71. The molecule has 0 saturated carbocycles. The number of nitrogens with zero attached hydrogens (tertiary/aromatic N) is 2. The Balaban J connectivity index is 2.35. The van der Waals surface area contributed by atoms with E-state index in [0.29, 0.717) is 5.82 Å². The fourth-order valence-electron chi connectivity index (χ4n) is 1.72. The normalized spacial score (nSPS) is 10.6. The molecule has 0 aliphatic rings. The van der Waals surface area contributed by atoms with Crippen molar-refractivity contribution >= 4 is 11.8 Å². The number of aromatic carboxylic acids is 1. The molecule has 0 spiro atoms. The third-order valence-corrected chi connectivity index (χ3v) is 2.86. The van der Waals surface area contributed by atoms with E-state index >= 15 is 0 Å². The summed E-state index contributed by atoms with van der Waals surface area (Å²) in [5.41, 5.74) is 0.260. The van der Waals surface area contributed by atoms with Crippen molar-refractivity contribution in [2.75, 3.05) is 31.5 Å². The number of rotatable bonds is 8. The first-order chi connectivity index (χ1) is 8.67. The Kier molecular flexibility index (Phi) is 6.14. The van der Waals surface area contributed by atoms with Gasteiger partial charge in [-0.2, -0.15) is 0 Å². The molecule has 0 aliphatic heterocycles. The lowest BCUT2D eigenvalue weighted by molar-refractivity contribution is 0.0697. The van der Waals surface area contributed by atoms with E-state index in [1.165, 1.54) is 12.3 Å². The number of hydrogen-bond donors (Lipinski definition) is 2. The molecule has 0 fully saturated rings. The van der Waals surface area contributed by atoms with Crippen LogP contribution in [-0.2, 0) is 0 Å². The molecule has 0 radical (unpaired) electrons. The fraction of sp³-hybridized carbons (Fsp3) is 0.538. The Morgan fingerprint density at radius 3 is 2.78 bits per heavy atom. The number of anilines is 1. The minimum atomic E-state index is -0.927. The van der Waals surface area contributed by atoms with Gasteiger partial charge in [0, 0.05) is 12.7 Å². The second-order valence-corrected chi connectivity index (χ2v) is 4.04. The molecule has 0 atom stereocenters. The van der Waals surface area contributed by atoms with Gasteiger partial charge in [0.05, 0.1) is 5.56 Å². The van der Waals surface area contributed by atoms with Crippen molar-refractivity contribution < 1.29 is 9.90 Å². The van der Waals surface area contributed by atoms with E-state index < -0.39 is 5.97 Å². The Hall–Kier alpha value is -1.62. The molecule has 0 aliphatic carbocycles. The van der Waals surface area contributed by atoms with Gasteiger partial charge >= 0.3 is 5.97 Å². The molecule has 0 saturated heterocycles. The summed E-state index contributed by atoms with van der Waals surface area (Å²) in [6, 6.07) is 3.04. The van der Waals surface area contributed by atoms with Gasteiger partial charge < -0.3 is 15.3 Å². The lowest BCUT2D eigenvalue weighted by Crippen LogP contribution is -2.25. The predicted octanol–water partition coefficient (Wildman–Crippen LogP) is 1.92. The van der Waals surface area contributed by atoms with Crippen LogP contribution in [0.4, 0.5) is 5.82 Å². The number of pyridine rings is 1. The van der Waals surface area contributed by atoms with E-state index in [4.69, 9.17) is 5.11 Å². The van der Waals surface area contributed by atoms with Gasteiger partial charge in [0.15, 0.2) is 0 Å². The quantitative estimate of drug-likeness (QED) is 0.691. The first kappa shape index (κ1) is 14.4. The van der Waals surface area contributed by atoms with E-state index in [-0.39, 0.29) is 5.56 Å². The first-order valence-corrected chi connectivity index (χ1v) is 6.33. The molecule has 1 aromatic rings. The summed E-state index contributed by atoms with van der Waals surface area (Å²) < 4.78 is 0. The molecule has 1 heterocycles. The van der Waals surface area contributed by atoms with E-state index in [1.807, 2.05) is 0 Å². The fourth-order valence-corrected chi connectivity index (χ4v) is 1.72. The minimum Gasteiger partial charge on any atom is -0.478 e. The number of carboxylic acid groups (broad SMARTS) is 1. The second-order valence-electron chi connectivity index (χ2n) is 4.04. The van der Waals surface area contributed by atoms with Crippen LogP contribution in [0.15, 0.2) is 18.3 Å². The summed E-state index contributed by atoms with van der Waals surface area (Å²) in [6.45, 7) is 8.25. The maximum atomic E-state index is 10.8. The topological polar surface area (TPSA) is 65.5 Å². The average Bonchev–Trinajstić information content (AvgIpc) is 2.39. The van der Waals surface area contributed by atoms with Crippen LogP contribution >= 0.6 is 0 Å². The maximum Gasteiger partial charge on any atom is 0.335 e. The van der Waals surface area contributed by atoms with Crippen LogP contribution in [0.25, 0.3) is 0 Å². The monoisotopic (exact) mass is 251 g/mol. The molecule has 2 N–H and O–H groups in total. The lowest BCUT2D eigenvalue weighted by Gasteiger charge is -2.17. The molecule has 1 rings (SSSR count). The molecule has 0 bridgehead atoms. The molecule has 5 heteroatoms. The molecule has 18 heavy (non-hydrogen) atoms. The SMILES string of the molecule is CCN(CC)CCCNc1cc(C(=O)O)ccn1. The molecule has 0 aromatic carbocycles. The van der Waals surface area contributed by atoms with E-state index in [2.05, 4.69) is 29.0 Å². The summed E-state index contributed by atoms with van der Waals surface area (Å²) in [7, 11) is 0. The number of aromatic nitrogens is 1. The van der Waals surface area contributed by atoms with Crippen molar-refractivity contribution in [2.45, 2.75) is 20.3 Å². The largest absolute Gasteiger partial charge is 0.478 e. The van der Waals surface area contributed by atoms with Gasteiger partial charge in [0.25, 0.3) is 0 Å². The summed E-state index contributed by atoms with van der Waals surface area (Å²) in [6.07, 6.45) is 2.52. The van der Waals surface area contributed by atoms with Gasteiger partial charge in [-0.05, 0) is 38.2 Å². The minimum absolute atomic E-state index is 0.260. The molecule has 1 aromatic heterocycles. The van der Waals surface area contributed by atoms with E-state index in [1.54, 1.807) is 6.07 Å². The molecule has 0 unspecified atom stereocenters. The summed E-state index contributed by atoms with van der Waals surface area (Å²) in [5, 5.41) is 12.0. The van der Waals surface area contributed by atoms with Crippen molar-refractivity contribution in [3.05, 3.63) is 23.9 Å². The number of carboxylic acids is 1. The lowest BCUT2D eigenvalue weighted by atomic mass is 10.2. The van der Waals surface area contributed by atoms with Crippen molar-refractivity contribution in [1.82, 2.24) is 9.88 Å². The highest BCUT2D eigenvalue weighted by molar-refractivity contribution is 5.88. The van der Waals surface area contributed by atoms with Crippen molar-refractivity contribution in [2.24, 2.45) is 0 Å². The highest BCUT2D eigenvalue weighted by Gasteiger charge is 2.04. The van der Waals surface area contributed by atoms with Crippen LogP contribution in [0.1, 0.15) is 30.6 Å².